The molecule has 0 aromatic carbocycles. The molecule has 0 amide bonds. The average Bonchev–Trinajstić information content (AvgIpc) is 2.20. The van der Waals surface area contributed by atoms with E-state index in [9.17, 15) is 4.79 Å². The first-order chi connectivity index (χ1) is 6.25. The summed E-state index contributed by atoms with van der Waals surface area (Å²) in [7, 11) is 1.36. The van der Waals surface area contributed by atoms with Crippen LogP contribution in [-0.4, -0.2) is 18.1 Å². The second kappa shape index (κ2) is 6.17. The van der Waals surface area contributed by atoms with Crippen LogP contribution in [0.15, 0.2) is 18.5 Å². The fourth-order valence-corrected chi connectivity index (χ4v) is 0.788. The van der Waals surface area contributed by atoms with Crippen molar-refractivity contribution in [2.45, 2.75) is 20.8 Å². The molecule has 1 heterocycles. The van der Waals surface area contributed by atoms with E-state index in [0.29, 0.717) is 5.56 Å². The zero-order valence-corrected chi connectivity index (χ0v) is 8.50. The van der Waals surface area contributed by atoms with Crippen LogP contribution in [0.3, 0.4) is 0 Å². The molecule has 1 rings (SSSR count). The Morgan fingerprint density at radius 3 is 2.54 bits per heavy atom. The normalized spacial score (nSPS) is 8.31. The van der Waals surface area contributed by atoms with E-state index in [1.165, 1.54) is 13.3 Å². The molecule has 0 spiro atoms. The Labute approximate surface area is 78.8 Å². The molecule has 72 valence electrons. The molecule has 0 saturated carbocycles. The number of aryl methyl sites for hydroxylation is 1. The van der Waals surface area contributed by atoms with Crippen LogP contribution < -0.4 is 0 Å². The summed E-state index contributed by atoms with van der Waals surface area (Å²) in [5.41, 5.74) is 1.40. The zero-order chi connectivity index (χ0) is 10.3. The van der Waals surface area contributed by atoms with E-state index in [2.05, 4.69) is 9.72 Å². The summed E-state index contributed by atoms with van der Waals surface area (Å²) >= 11 is 0. The third-order valence-electron chi connectivity index (χ3n) is 1.44. The van der Waals surface area contributed by atoms with Crippen molar-refractivity contribution < 1.29 is 9.53 Å². The second-order valence-corrected chi connectivity index (χ2v) is 2.18. The van der Waals surface area contributed by atoms with E-state index >= 15 is 0 Å². The molecule has 1 aromatic heterocycles. The summed E-state index contributed by atoms with van der Waals surface area (Å²) < 4.78 is 4.54. The summed E-state index contributed by atoms with van der Waals surface area (Å²) in [5, 5.41) is 0. The molecule has 3 heteroatoms. The van der Waals surface area contributed by atoms with Crippen LogP contribution >= 0.6 is 0 Å². The van der Waals surface area contributed by atoms with Gasteiger partial charge in [-0.15, -0.1) is 0 Å². The van der Waals surface area contributed by atoms with Gasteiger partial charge >= 0.3 is 5.97 Å². The van der Waals surface area contributed by atoms with Crippen molar-refractivity contribution in [3.05, 3.63) is 29.6 Å². The number of esters is 1. The summed E-state index contributed by atoms with van der Waals surface area (Å²) in [5.74, 6) is -0.337. The molecule has 13 heavy (non-hydrogen) atoms. The highest BCUT2D eigenvalue weighted by Gasteiger charge is 2.06. The summed E-state index contributed by atoms with van der Waals surface area (Å²) in [6.07, 6.45) is 3.14. The monoisotopic (exact) mass is 181 g/mol. The lowest BCUT2D eigenvalue weighted by molar-refractivity contribution is 0.0599. The van der Waals surface area contributed by atoms with Gasteiger partial charge in [0.15, 0.2) is 0 Å². The molecule has 0 N–H and O–H groups in total. The van der Waals surface area contributed by atoms with Crippen molar-refractivity contribution in [2.75, 3.05) is 7.11 Å². The third kappa shape index (κ3) is 3.23. The average molecular weight is 181 g/mol. The Morgan fingerprint density at radius 2 is 2.08 bits per heavy atom. The first-order valence-electron chi connectivity index (χ1n) is 4.24. The SMILES string of the molecule is CC.COC(=O)c1cnccc1C. The fourth-order valence-electron chi connectivity index (χ4n) is 0.788. The quantitative estimate of drug-likeness (QED) is 0.623. The molecule has 0 bridgehead atoms. The molecule has 0 fully saturated rings. The first-order valence-corrected chi connectivity index (χ1v) is 4.24. The highest BCUT2D eigenvalue weighted by atomic mass is 16.5. The first kappa shape index (κ1) is 11.6. The molecule has 0 atom stereocenters. The summed E-state index contributed by atoms with van der Waals surface area (Å²) in [4.78, 5) is 14.8. The molecule has 0 saturated heterocycles. The number of hydrogen-bond acceptors (Lipinski definition) is 3. The predicted molar refractivity (Wildman–Crippen MR) is 51.7 cm³/mol. The molecule has 3 nitrogen and oxygen atoms in total. The van der Waals surface area contributed by atoms with Gasteiger partial charge in [-0.25, -0.2) is 4.79 Å². The number of nitrogens with zero attached hydrogens (tertiary/aromatic N) is 1. The van der Waals surface area contributed by atoms with Crippen LogP contribution in [0.25, 0.3) is 0 Å². The van der Waals surface area contributed by atoms with E-state index in [0.717, 1.165) is 5.56 Å². The summed E-state index contributed by atoms with van der Waals surface area (Å²) in [6.45, 7) is 5.84. The maximum absolute atomic E-state index is 11.0. The Bertz CT molecular complexity index is 271. The van der Waals surface area contributed by atoms with Gasteiger partial charge in [-0.2, -0.15) is 0 Å². The number of rotatable bonds is 1. The maximum Gasteiger partial charge on any atom is 0.339 e. The van der Waals surface area contributed by atoms with Gasteiger partial charge in [0.05, 0.1) is 12.7 Å². The van der Waals surface area contributed by atoms with Gasteiger partial charge in [0.2, 0.25) is 0 Å². The summed E-state index contributed by atoms with van der Waals surface area (Å²) in [6, 6.07) is 1.77. The van der Waals surface area contributed by atoms with Gasteiger partial charge < -0.3 is 4.74 Å². The molecule has 0 radical (unpaired) electrons. The number of aromatic nitrogens is 1. The predicted octanol–water partition coefficient (Wildman–Crippen LogP) is 2.20. The Kier molecular flexibility index (Phi) is 5.52. The molecular weight excluding hydrogens is 166 g/mol. The minimum absolute atomic E-state index is 0.337. The van der Waals surface area contributed by atoms with Gasteiger partial charge in [0.1, 0.15) is 0 Å². The van der Waals surface area contributed by atoms with Crippen molar-refractivity contribution in [2.24, 2.45) is 0 Å². The number of carbonyl (C=O) groups is 1. The Balaban J connectivity index is 0.000000671. The molecule has 0 unspecified atom stereocenters. The molecule has 1 aromatic rings. The van der Waals surface area contributed by atoms with Crippen molar-refractivity contribution >= 4 is 5.97 Å². The fraction of sp³-hybridized carbons (Fsp3) is 0.400. The largest absolute Gasteiger partial charge is 0.465 e. The van der Waals surface area contributed by atoms with Crippen LogP contribution in [0.4, 0.5) is 0 Å². The van der Waals surface area contributed by atoms with E-state index in [-0.39, 0.29) is 5.97 Å². The zero-order valence-electron chi connectivity index (χ0n) is 8.50. The van der Waals surface area contributed by atoms with E-state index in [4.69, 9.17) is 0 Å². The van der Waals surface area contributed by atoms with Gasteiger partial charge in [-0.05, 0) is 18.6 Å². The highest BCUT2D eigenvalue weighted by Crippen LogP contribution is 2.05. The van der Waals surface area contributed by atoms with Gasteiger partial charge in [0, 0.05) is 12.4 Å². The van der Waals surface area contributed by atoms with Gasteiger partial charge in [-0.1, -0.05) is 13.8 Å². The number of hydrogen-bond donors (Lipinski definition) is 0. The Hall–Kier alpha value is -1.38. The molecule has 0 aliphatic rings. The minimum atomic E-state index is -0.337. The van der Waals surface area contributed by atoms with Crippen molar-refractivity contribution in [3.8, 4) is 0 Å². The van der Waals surface area contributed by atoms with Crippen LogP contribution in [0, 0.1) is 6.92 Å². The molecular formula is C10H15NO2. The number of ether oxygens (including phenoxy) is 1. The van der Waals surface area contributed by atoms with E-state index in [1.807, 2.05) is 20.8 Å². The van der Waals surface area contributed by atoms with Crippen LogP contribution in [0.2, 0.25) is 0 Å². The topological polar surface area (TPSA) is 39.2 Å². The van der Waals surface area contributed by atoms with Gasteiger partial charge in [-0.3, -0.25) is 4.98 Å². The lowest BCUT2D eigenvalue weighted by Crippen LogP contribution is -2.03. The lowest BCUT2D eigenvalue weighted by atomic mass is 10.2. The number of carbonyl (C=O) groups excluding carboxylic acids is 1. The number of pyridine rings is 1. The van der Waals surface area contributed by atoms with Crippen molar-refractivity contribution in [1.29, 1.82) is 0 Å². The smallest absolute Gasteiger partial charge is 0.339 e. The standard InChI is InChI=1S/C8H9NO2.C2H6/c1-6-3-4-9-5-7(6)8(10)11-2;1-2/h3-5H,1-2H3;1-2H3. The van der Waals surface area contributed by atoms with Crippen LogP contribution in [-0.2, 0) is 4.74 Å². The van der Waals surface area contributed by atoms with Crippen LogP contribution in [0.5, 0.6) is 0 Å². The van der Waals surface area contributed by atoms with Gasteiger partial charge in [0.25, 0.3) is 0 Å². The molecule has 0 aliphatic carbocycles. The van der Waals surface area contributed by atoms with Crippen molar-refractivity contribution in [1.82, 2.24) is 4.98 Å². The molecule has 0 aliphatic heterocycles. The van der Waals surface area contributed by atoms with Crippen LogP contribution in [0.1, 0.15) is 29.8 Å². The van der Waals surface area contributed by atoms with E-state index < -0.39 is 0 Å². The third-order valence-corrected chi connectivity index (χ3v) is 1.44. The highest BCUT2D eigenvalue weighted by molar-refractivity contribution is 5.90. The van der Waals surface area contributed by atoms with E-state index in [1.54, 1.807) is 12.3 Å². The van der Waals surface area contributed by atoms with Crippen molar-refractivity contribution in [3.63, 3.8) is 0 Å². The second-order valence-electron chi connectivity index (χ2n) is 2.18. The lowest BCUT2D eigenvalue weighted by Gasteiger charge is -2.00. The minimum Gasteiger partial charge on any atom is -0.465 e. The Morgan fingerprint density at radius 1 is 1.46 bits per heavy atom. The maximum atomic E-state index is 11.0. The number of methoxy groups -OCH3 is 1.